The summed E-state index contributed by atoms with van der Waals surface area (Å²) in [5, 5.41) is 16.2. The monoisotopic (exact) mass is 349 g/mol. The normalized spacial score (nSPS) is 10.1. The number of methoxy groups -OCH3 is 1. The lowest BCUT2D eigenvalue weighted by atomic mass is 10.1. The fourth-order valence-electron chi connectivity index (χ4n) is 2.00. The summed E-state index contributed by atoms with van der Waals surface area (Å²) in [5.41, 5.74) is 1.09. The van der Waals surface area contributed by atoms with Crippen LogP contribution in [0, 0.1) is 10.1 Å². The molecular formula is C16H16ClN3O4. The highest BCUT2D eigenvalue weighted by Gasteiger charge is 2.11. The summed E-state index contributed by atoms with van der Waals surface area (Å²) >= 11 is 5.93. The molecule has 7 nitrogen and oxygen atoms in total. The van der Waals surface area contributed by atoms with E-state index in [1.807, 2.05) is 24.3 Å². The van der Waals surface area contributed by atoms with Gasteiger partial charge in [-0.25, -0.2) is 4.79 Å². The molecule has 2 aromatic carbocycles. The van der Waals surface area contributed by atoms with Gasteiger partial charge in [-0.05, 0) is 30.2 Å². The lowest BCUT2D eigenvalue weighted by molar-refractivity contribution is -0.384. The molecule has 0 aliphatic heterocycles. The Balaban J connectivity index is 1.86. The zero-order valence-corrected chi connectivity index (χ0v) is 13.7. The number of urea groups is 1. The van der Waals surface area contributed by atoms with Crippen molar-refractivity contribution in [2.24, 2.45) is 0 Å². The summed E-state index contributed by atoms with van der Waals surface area (Å²) in [6, 6.07) is 10.9. The molecule has 0 aliphatic rings. The predicted molar refractivity (Wildman–Crippen MR) is 91.8 cm³/mol. The lowest BCUT2D eigenvalue weighted by Gasteiger charge is -2.09. The largest absolute Gasteiger partial charge is 0.497 e. The molecule has 0 atom stereocenters. The van der Waals surface area contributed by atoms with E-state index in [2.05, 4.69) is 10.6 Å². The Hall–Kier alpha value is -2.80. The number of hydrogen-bond acceptors (Lipinski definition) is 4. The van der Waals surface area contributed by atoms with E-state index in [9.17, 15) is 14.9 Å². The van der Waals surface area contributed by atoms with Crippen molar-refractivity contribution in [2.45, 2.75) is 6.42 Å². The van der Waals surface area contributed by atoms with Crippen LogP contribution >= 0.6 is 11.6 Å². The molecule has 2 N–H and O–H groups in total. The summed E-state index contributed by atoms with van der Waals surface area (Å²) in [6.45, 7) is 0.407. The van der Waals surface area contributed by atoms with Crippen LogP contribution in [0.1, 0.15) is 5.56 Å². The maximum atomic E-state index is 11.9. The standard InChI is InChI=1S/C16H16ClN3O4/c1-24-13-5-2-11(3-6-13)8-9-18-16(21)19-15-10-12(20(22)23)4-7-14(15)17/h2-7,10H,8-9H2,1H3,(H2,18,19,21). The van der Waals surface area contributed by atoms with Crippen LogP contribution in [0.3, 0.4) is 0 Å². The van der Waals surface area contributed by atoms with Crippen LogP contribution in [0.15, 0.2) is 42.5 Å². The fourth-order valence-corrected chi connectivity index (χ4v) is 2.17. The molecule has 24 heavy (non-hydrogen) atoms. The highest BCUT2D eigenvalue weighted by molar-refractivity contribution is 6.33. The molecule has 0 fully saturated rings. The Morgan fingerprint density at radius 1 is 1.25 bits per heavy atom. The van der Waals surface area contributed by atoms with Gasteiger partial charge in [0, 0.05) is 18.7 Å². The van der Waals surface area contributed by atoms with Crippen molar-refractivity contribution in [3.63, 3.8) is 0 Å². The van der Waals surface area contributed by atoms with Crippen molar-refractivity contribution >= 4 is 29.0 Å². The summed E-state index contributed by atoms with van der Waals surface area (Å²) < 4.78 is 5.08. The molecule has 0 aliphatic carbocycles. The zero-order chi connectivity index (χ0) is 17.5. The number of hydrogen-bond donors (Lipinski definition) is 2. The summed E-state index contributed by atoms with van der Waals surface area (Å²) in [6.07, 6.45) is 0.639. The number of nitrogens with one attached hydrogen (secondary N) is 2. The number of nitro groups is 1. The zero-order valence-electron chi connectivity index (χ0n) is 12.9. The first-order chi connectivity index (χ1) is 11.5. The molecular weight excluding hydrogens is 334 g/mol. The van der Waals surface area contributed by atoms with Crippen LogP contribution in [-0.2, 0) is 6.42 Å². The number of nitro benzene ring substituents is 1. The van der Waals surface area contributed by atoms with Gasteiger partial charge in [0.05, 0.1) is 22.7 Å². The van der Waals surface area contributed by atoms with Gasteiger partial charge in [-0.15, -0.1) is 0 Å². The second-order valence-corrected chi connectivity index (χ2v) is 5.31. The molecule has 0 aromatic heterocycles. The van der Waals surface area contributed by atoms with Gasteiger partial charge in [-0.3, -0.25) is 10.1 Å². The van der Waals surface area contributed by atoms with Crippen molar-refractivity contribution in [2.75, 3.05) is 19.0 Å². The minimum absolute atomic E-state index is 0.145. The van der Waals surface area contributed by atoms with Crippen molar-refractivity contribution in [1.29, 1.82) is 0 Å². The second-order valence-electron chi connectivity index (χ2n) is 4.90. The first-order valence-corrected chi connectivity index (χ1v) is 7.49. The molecule has 2 amide bonds. The number of benzene rings is 2. The molecule has 0 bridgehead atoms. The van der Waals surface area contributed by atoms with Gasteiger partial charge in [-0.2, -0.15) is 0 Å². The molecule has 8 heteroatoms. The Labute approximate surface area is 143 Å². The minimum atomic E-state index is -0.552. The van der Waals surface area contributed by atoms with Crippen LogP contribution in [0.25, 0.3) is 0 Å². The average molecular weight is 350 g/mol. The van der Waals surface area contributed by atoms with Crippen LogP contribution in [0.5, 0.6) is 5.75 Å². The van der Waals surface area contributed by atoms with E-state index in [0.29, 0.717) is 13.0 Å². The van der Waals surface area contributed by atoms with Crippen molar-refractivity contribution < 1.29 is 14.5 Å². The summed E-state index contributed by atoms with van der Waals surface area (Å²) in [7, 11) is 1.60. The molecule has 0 heterocycles. The lowest BCUT2D eigenvalue weighted by Crippen LogP contribution is -2.30. The van der Waals surface area contributed by atoms with Crippen LogP contribution in [-0.4, -0.2) is 24.6 Å². The molecule has 0 saturated heterocycles. The third-order valence-corrected chi connectivity index (χ3v) is 3.60. The van der Waals surface area contributed by atoms with Gasteiger partial charge in [0.15, 0.2) is 0 Å². The Bertz CT molecular complexity index is 735. The molecule has 2 aromatic rings. The van der Waals surface area contributed by atoms with E-state index in [4.69, 9.17) is 16.3 Å². The van der Waals surface area contributed by atoms with E-state index in [1.165, 1.54) is 18.2 Å². The minimum Gasteiger partial charge on any atom is -0.497 e. The summed E-state index contributed by atoms with van der Waals surface area (Å²) in [4.78, 5) is 22.1. The van der Waals surface area contributed by atoms with Crippen molar-refractivity contribution in [3.8, 4) is 5.75 Å². The third kappa shape index (κ3) is 4.85. The van der Waals surface area contributed by atoms with E-state index in [1.54, 1.807) is 7.11 Å². The second kappa shape index (κ2) is 8.16. The third-order valence-electron chi connectivity index (χ3n) is 3.27. The first kappa shape index (κ1) is 17.6. The number of carbonyl (C=O) groups is 1. The topological polar surface area (TPSA) is 93.5 Å². The fraction of sp³-hybridized carbons (Fsp3) is 0.188. The molecule has 0 radical (unpaired) electrons. The van der Waals surface area contributed by atoms with Gasteiger partial charge in [0.25, 0.3) is 5.69 Å². The number of anilines is 1. The average Bonchev–Trinajstić information content (AvgIpc) is 2.57. The molecule has 126 valence electrons. The van der Waals surface area contributed by atoms with E-state index < -0.39 is 11.0 Å². The van der Waals surface area contributed by atoms with Crippen LogP contribution in [0.4, 0.5) is 16.2 Å². The Morgan fingerprint density at radius 3 is 2.58 bits per heavy atom. The van der Waals surface area contributed by atoms with Crippen LogP contribution in [0.2, 0.25) is 5.02 Å². The van der Waals surface area contributed by atoms with Gasteiger partial charge in [-0.1, -0.05) is 23.7 Å². The number of non-ortho nitro benzene ring substituents is 1. The number of amides is 2. The molecule has 0 saturated carbocycles. The SMILES string of the molecule is COc1ccc(CCNC(=O)Nc2cc([N+](=O)[O-])ccc2Cl)cc1. The number of rotatable bonds is 6. The highest BCUT2D eigenvalue weighted by atomic mass is 35.5. The van der Waals surface area contributed by atoms with E-state index in [0.717, 1.165) is 11.3 Å². The van der Waals surface area contributed by atoms with Gasteiger partial charge >= 0.3 is 6.03 Å². The van der Waals surface area contributed by atoms with Crippen molar-refractivity contribution in [3.05, 3.63) is 63.2 Å². The molecule has 0 spiro atoms. The smallest absolute Gasteiger partial charge is 0.319 e. The van der Waals surface area contributed by atoms with E-state index >= 15 is 0 Å². The van der Waals surface area contributed by atoms with Gasteiger partial charge < -0.3 is 15.4 Å². The Morgan fingerprint density at radius 2 is 1.96 bits per heavy atom. The number of carbonyl (C=O) groups excluding carboxylic acids is 1. The summed E-state index contributed by atoms with van der Waals surface area (Å²) in [5.74, 6) is 0.768. The number of halogens is 1. The highest BCUT2D eigenvalue weighted by Crippen LogP contribution is 2.26. The van der Waals surface area contributed by atoms with Crippen molar-refractivity contribution in [1.82, 2.24) is 5.32 Å². The molecule has 0 unspecified atom stereocenters. The quantitative estimate of drug-likeness (QED) is 0.615. The van der Waals surface area contributed by atoms with Crippen LogP contribution < -0.4 is 15.4 Å². The van der Waals surface area contributed by atoms with E-state index in [-0.39, 0.29) is 16.4 Å². The maximum absolute atomic E-state index is 11.9. The predicted octanol–water partition coefficient (Wildman–Crippen LogP) is 3.62. The Kier molecular flexibility index (Phi) is 5.97. The molecule has 2 rings (SSSR count). The number of nitrogens with zero attached hydrogens (tertiary/aromatic N) is 1. The maximum Gasteiger partial charge on any atom is 0.319 e. The number of ether oxygens (including phenoxy) is 1. The van der Waals surface area contributed by atoms with Gasteiger partial charge in [0.1, 0.15) is 5.75 Å². The first-order valence-electron chi connectivity index (χ1n) is 7.11. The van der Waals surface area contributed by atoms with Gasteiger partial charge in [0.2, 0.25) is 0 Å².